The lowest BCUT2D eigenvalue weighted by molar-refractivity contribution is 0.318. The van der Waals surface area contributed by atoms with E-state index in [2.05, 4.69) is 36.4 Å². The second kappa shape index (κ2) is 8.25. The third-order valence-corrected chi connectivity index (χ3v) is 3.57. The summed E-state index contributed by atoms with van der Waals surface area (Å²) >= 11 is 0. The molecule has 1 N–H and O–H groups in total. The van der Waals surface area contributed by atoms with E-state index in [4.69, 9.17) is 0 Å². The van der Waals surface area contributed by atoms with Gasteiger partial charge in [0.2, 0.25) is 0 Å². The van der Waals surface area contributed by atoms with E-state index in [1.165, 1.54) is 25.7 Å². The van der Waals surface area contributed by atoms with E-state index in [9.17, 15) is 0 Å². The predicted molar refractivity (Wildman–Crippen MR) is 75.5 cm³/mol. The van der Waals surface area contributed by atoms with Crippen LogP contribution in [0.3, 0.4) is 0 Å². The highest BCUT2D eigenvalue weighted by molar-refractivity contribution is 4.97. The average Bonchev–Trinajstić information content (AvgIpc) is 2.76. The topological polar surface area (TPSA) is 42.7 Å². The number of aromatic nitrogens is 3. The van der Waals surface area contributed by atoms with Crippen molar-refractivity contribution >= 4 is 0 Å². The Labute approximate surface area is 111 Å². The summed E-state index contributed by atoms with van der Waals surface area (Å²) in [5.41, 5.74) is 1.10. The molecule has 0 aliphatic carbocycles. The molecule has 0 spiro atoms. The largest absolute Gasteiger partial charge is 0.314 e. The lowest BCUT2D eigenvalue weighted by Crippen LogP contribution is -2.38. The Balaban J connectivity index is 2.61. The summed E-state index contributed by atoms with van der Waals surface area (Å²) in [6, 6.07) is 0.531. The maximum Gasteiger partial charge on any atom is 0.0842 e. The fourth-order valence-corrected chi connectivity index (χ4v) is 2.54. The predicted octanol–water partition coefficient (Wildman–Crippen LogP) is 2.55. The molecule has 0 saturated carbocycles. The summed E-state index contributed by atoms with van der Waals surface area (Å²) in [5.74, 6) is 0.743. The number of unbranched alkanes of at least 4 members (excludes halogenated alkanes) is 1. The Hall–Kier alpha value is -0.900. The van der Waals surface area contributed by atoms with Crippen molar-refractivity contribution in [2.24, 2.45) is 13.0 Å². The van der Waals surface area contributed by atoms with Crippen molar-refractivity contribution in [2.75, 3.05) is 6.54 Å². The normalized spacial score (nSPS) is 14.7. The Morgan fingerprint density at radius 1 is 1.33 bits per heavy atom. The number of hydrogen-bond acceptors (Lipinski definition) is 3. The monoisotopic (exact) mass is 252 g/mol. The van der Waals surface area contributed by atoms with Gasteiger partial charge < -0.3 is 5.32 Å². The molecular weight excluding hydrogens is 224 g/mol. The van der Waals surface area contributed by atoms with E-state index in [0.29, 0.717) is 6.04 Å². The van der Waals surface area contributed by atoms with Crippen LogP contribution in [0.1, 0.15) is 52.1 Å². The van der Waals surface area contributed by atoms with Crippen molar-refractivity contribution in [3.63, 3.8) is 0 Å². The van der Waals surface area contributed by atoms with Gasteiger partial charge in [0.05, 0.1) is 5.69 Å². The van der Waals surface area contributed by atoms with Crippen LogP contribution in [-0.4, -0.2) is 27.6 Å². The second-order valence-corrected chi connectivity index (χ2v) is 5.06. The molecule has 0 aliphatic heterocycles. The maximum atomic E-state index is 4.21. The quantitative estimate of drug-likeness (QED) is 0.734. The fourth-order valence-electron chi connectivity index (χ4n) is 2.54. The number of aryl methyl sites for hydroxylation is 1. The molecule has 2 unspecified atom stereocenters. The van der Waals surface area contributed by atoms with Crippen molar-refractivity contribution in [3.05, 3.63) is 11.9 Å². The summed E-state index contributed by atoms with van der Waals surface area (Å²) < 4.78 is 1.78. The van der Waals surface area contributed by atoms with E-state index in [1.54, 1.807) is 4.68 Å². The van der Waals surface area contributed by atoms with E-state index in [-0.39, 0.29) is 0 Å². The third-order valence-electron chi connectivity index (χ3n) is 3.57. The molecule has 1 aromatic rings. The minimum atomic E-state index is 0.531. The van der Waals surface area contributed by atoms with Gasteiger partial charge in [0, 0.05) is 25.7 Å². The summed E-state index contributed by atoms with van der Waals surface area (Å²) in [6.45, 7) is 7.75. The number of nitrogens with one attached hydrogen (secondary N) is 1. The SMILES string of the molecule is CCCCC(CC)C(Cc1cn(C)nn1)NCC. The maximum absolute atomic E-state index is 4.21. The van der Waals surface area contributed by atoms with Gasteiger partial charge in [-0.15, -0.1) is 5.10 Å². The summed E-state index contributed by atoms with van der Waals surface area (Å²) in [6.07, 6.45) is 8.16. The highest BCUT2D eigenvalue weighted by Crippen LogP contribution is 2.19. The van der Waals surface area contributed by atoms with Gasteiger partial charge >= 0.3 is 0 Å². The first kappa shape index (κ1) is 15.2. The Morgan fingerprint density at radius 3 is 2.61 bits per heavy atom. The van der Waals surface area contributed by atoms with Crippen molar-refractivity contribution in [3.8, 4) is 0 Å². The molecule has 104 valence electrons. The summed E-state index contributed by atoms with van der Waals surface area (Å²) in [4.78, 5) is 0. The van der Waals surface area contributed by atoms with E-state index < -0.39 is 0 Å². The van der Waals surface area contributed by atoms with Gasteiger partial charge in [-0.1, -0.05) is 45.2 Å². The smallest absolute Gasteiger partial charge is 0.0842 e. The van der Waals surface area contributed by atoms with Crippen LogP contribution in [0.5, 0.6) is 0 Å². The van der Waals surface area contributed by atoms with Crippen molar-refractivity contribution in [1.82, 2.24) is 20.3 Å². The zero-order valence-corrected chi connectivity index (χ0v) is 12.3. The highest BCUT2D eigenvalue weighted by atomic mass is 15.4. The van der Waals surface area contributed by atoms with Crippen LogP contribution >= 0.6 is 0 Å². The van der Waals surface area contributed by atoms with Crippen LogP contribution in [0.25, 0.3) is 0 Å². The van der Waals surface area contributed by atoms with Crippen LogP contribution < -0.4 is 5.32 Å². The number of rotatable bonds is 9. The minimum Gasteiger partial charge on any atom is -0.314 e. The summed E-state index contributed by atoms with van der Waals surface area (Å²) in [5, 5.41) is 11.8. The first-order chi connectivity index (χ1) is 8.71. The Bertz CT molecular complexity index is 321. The Morgan fingerprint density at radius 2 is 2.11 bits per heavy atom. The number of nitrogens with zero attached hydrogens (tertiary/aromatic N) is 3. The summed E-state index contributed by atoms with van der Waals surface area (Å²) in [7, 11) is 1.92. The molecular formula is C14H28N4. The second-order valence-electron chi connectivity index (χ2n) is 5.06. The van der Waals surface area contributed by atoms with Crippen molar-refractivity contribution in [1.29, 1.82) is 0 Å². The number of likely N-dealkylation sites (N-methyl/N-ethyl adjacent to an activating group) is 1. The van der Waals surface area contributed by atoms with E-state index in [0.717, 1.165) is 24.6 Å². The molecule has 0 bridgehead atoms. The van der Waals surface area contributed by atoms with Gasteiger partial charge in [-0.25, -0.2) is 0 Å². The van der Waals surface area contributed by atoms with Crippen LogP contribution in [0.4, 0.5) is 0 Å². The zero-order chi connectivity index (χ0) is 13.4. The standard InChI is InChI=1S/C14H28N4/c1-5-8-9-12(6-2)14(15-7-3)10-13-11-18(4)17-16-13/h11-12,14-15H,5-10H2,1-4H3. The van der Waals surface area contributed by atoms with Gasteiger partial charge in [0.15, 0.2) is 0 Å². The van der Waals surface area contributed by atoms with Crippen molar-refractivity contribution in [2.45, 2.75) is 58.9 Å². The van der Waals surface area contributed by atoms with Gasteiger partial charge in [-0.05, 0) is 18.9 Å². The molecule has 1 rings (SSSR count). The molecule has 2 atom stereocenters. The first-order valence-electron chi connectivity index (χ1n) is 7.29. The van der Waals surface area contributed by atoms with Crippen LogP contribution in [0, 0.1) is 5.92 Å². The fraction of sp³-hybridized carbons (Fsp3) is 0.857. The van der Waals surface area contributed by atoms with Gasteiger partial charge in [0.25, 0.3) is 0 Å². The van der Waals surface area contributed by atoms with Crippen LogP contribution in [-0.2, 0) is 13.5 Å². The van der Waals surface area contributed by atoms with E-state index >= 15 is 0 Å². The zero-order valence-electron chi connectivity index (χ0n) is 12.3. The van der Waals surface area contributed by atoms with Crippen molar-refractivity contribution < 1.29 is 0 Å². The molecule has 0 amide bonds. The van der Waals surface area contributed by atoms with Gasteiger partial charge in [-0.3, -0.25) is 4.68 Å². The highest BCUT2D eigenvalue weighted by Gasteiger charge is 2.20. The molecule has 18 heavy (non-hydrogen) atoms. The van der Waals surface area contributed by atoms with Gasteiger partial charge in [0.1, 0.15) is 0 Å². The van der Waals surface area contributed by atoms with Crippen LogP contribution in [0.2, 0.25) is 0 Å². The lowest BCUT2D eigenvalue weighted by Gasteiger charge is -2.26. The van der Waals surface area contributed by atoms with Crippen LogP contribution in [0.15, 0.2) is 6.20 Å². The number of hydrogen-bond donors (Lipinski definition) is 1. The molecule has 0 aromatic carbocycles. The average molecular weight is 252 g/mol. The molecule has 4 heteroatoms. The molecule has 0 radical (unpaired) electrons. The molecule has 0 fully saturated rings. The lowest BCUT2D eigenvalue weighted by atomic mass is 9.88. The van der Waals surface area contributed by atoms with Gasteiger partial charge in [-0.2, -0.15) is 0 Å². The molecule has 1 aromatic heterocycles. The molecule has 0 aliphatic rings. The Kier molecular flexibility index (Phi) is 6.94. The molecule has 0 saturated heterocycles. The first-order valence-corrected chi connectivity index (χ1v) is 7.29. The van der Waals surface area contributed by atoms with E-state index in [1.807, 2.05) is 13.2 Å². The molecule has 4 nitrogen and oxygen atoms in total. The third kappa shape index (κ3) is 4.77. The molecule has 1 heterocycles. The minimum absolute atomic E-state index is 0.531.